The molecule has 1 aliphatic carbocycles. The molecular formula is C11H20O. The Morgan fingerprint density at radius 3 is 2.58 bits per heavy atom. The molecule has 0 aliphatic heterocycles. The lowest BCUT2D eigenvalue weighted by Gasteiger charge is -2.12. The number of ketones is 1. The highest BCUT2D eigenvalue weighted by atomic mass is 16.1. The minimum Gasteiger partial charge on any atom is -0.300 e. The summed E-state index contributed by atoms with van der Waals surface area (Å²) in [6.45, 7) is 4.45. The highest BCUT2D eigenvalue weighted by Crippen LogP contribution is 2.32. The summed E-state index contributed by atoms with van der Waals surface area (Å²) in [7, 11) is 0. The van der Waals surface area contributed by atoms with E-state index in [1.807, 2.05) is 0 Å². The molecule has 0 saturated heterocycles. The van der Waals surface area contributed by atoms with Crippen LogP contribution in [0.3, 0.4) is 0 Å². The van der Waals surface area contributed by atoms with E-state index >= 15 is 0 Å². The molecule has 0 aromatic rings. The average molecular weight is 168 g/mol. The van der Waals surface area contributed by atoms with Gasteiger partial charge in [0.2, 0.25) is 0 Å². The van der Waals surface area contributed by atoms with Gasteiger partial charge in [-0.25, -0.2) is 0 Å². The normalized spacial score (nSPS) is 29.7. The third-order valence-electron chi connectivity index (χ3n) is 3.02. The summed E-state index contributed by atoms with van der Waals surface area (Å²) in [5.74, 6) is 1.86. The molecule has 0 aromatic heterocycles. The molecule has 1 saturated carbocycles. The Bertz CT molecular complexity index is 151. The van der Waals surface area contributed by atoms with Crippen molar-refractivity contribution in [2.24, 2.45) is 11.8 Å². The van der Waals surface area contributed by atoms with Crippen molar-refractivity contribution in [3.05, 3.63) is 0 Å². The third-order valence-corrected chi connectivity index (χ3v) is 3.02. The fraction of sp³-hybridized carbons (Fsp3) is 0.909. The standard InChI is InChI=1S/C11H20O/c1-3-4-5-6-10-8-11(12)7-9(10)2/h9-10H,3-8H2,1-2H3. The quantitative estimate of drug-likeness (QED) is 0.589. The Morgan fingerprint density at radius 2 is 2.08 bits per heavy atom. The lowest BCUT2D eigenvalue weighted by molar-refractivity contribution is -0.117. The number of carbonyl (C=O) groups excluding carboxylic acids is 1. The molecule has 0 radical (unpaired) electrons. The highest BCUT2D eigenvalue weighted by Gasteiger charge is 2.28. The van der Waals surface area contributed by atoms with Gasteiger partial charge < -0.3 is 0 Å². The number of Topliss-reactive ketones (excluding diaryl/α,β-unsaturated/α-hetero) is 1. The molecule has 2 unspecified atom stereocenters. The first-order valence-electron chi connectivity index (χ1n) is 5.25. The zero-order chi connectivity index (χ0) is 8.97. The zero-order valence-electron chi connectivity index (χ0n) is 8.31. The summed E-state index contributed by atoms with van der Waals surface area (Å²) in [5, 5.41) is 0. The third kappa shape index (κ3) is 2.62. The van der Waals surface area contributed by atoms with Crippen molar-refractivity contribution >= 4 is 5.78 Å². The predicted molar refractivity (Wildman–Crippen MR) is 51.0 cm³/mol. The van der Waals surface area contributed by atoms with Crippen molar-refractivity contribution in [1.82, 2.24) is 0 Å². The van der Waals surface area contributed by atoms with Crippen LogP contribution in [-0.4, -0.2) is 5.78 Å². The second-order valence-electron chi connectivity index (χ2n) is 4.18. The van der Waals surface area contributed by atoms with Gasteiger partial charge in [0.15, 0.2) is 0 Å². The van der Waals surface area contributed by atoms with Crippen LogP contribution in [0.25, 0.3) is 0 Å². The van der Waals surface area contributed by atoms with Crippen molar-refractivity contribution in [2.45, 2.75) is 52.4 Å². The monoisotopic (exact) mass is 168 g/mol. The first kappa shape index (κ1) is 9.76. The molecule has 0 N–H and O–H groups in total. The van der Waals surface area contributed by atoms with E-state index in [1.54, 1.807) is 0 Å². The first-order valence-corrected chi connectivity index (χ1v) is 5.25. The van der Waals surface area contributed by atoms with Gasteiger partial charge in [0.05, 0.1) is 0 Å². The number of rotatable bonds is 4. The van der Waals surface area contributed by atoms with Crippen LogP contribution in [0.5, 0.6) is 0 Å². The summed E-state index contributed by atoms with van der Waals surface area (Å²) >= 11 is 0. The van der Waals surface area contributed by atoms with E-state index in [9.17, 15) is 4.79 Å². The Kier molecular flexibility index (Phi) is 3.77. The van der Waals surface area contributed by atoms with Gasteiger partial charge in [-0.2, -0.15) is 0 Å². The van der Waals surface area contributed by atoms with Gasteiger partial charge in [-0.05, 0) is 18.3 Å². The Balaban J connectivity index is 2.19. The van der Waals surface area contributed by atoms with E-state index < -0.39 is 0 Å². The Hall–Kier alpha value is -0.330. The molecule has 0 amide bonds. The average Bonchev–Trinajstić information content (AvgIpc) is 2.31. The van der Waals surface area contributed by atoms with Gasteiger partial charge in [0.1, 0.15) is 5.78 Å². The second-order valence-corrected chi connectivity index (χ2v) is 4.18. The minimum absolute atomic E-state index is 0.490. The van der Waals surface area contributed by atoms with Crippen LogP contribution >= 0.6 is 0 Å². The molecule has 1 nitrogen and oxygen atoms in total. The molecule has 1 fully saturated rings. The molecule has 0 spiro atoms. The smallest absolute Gasteiger partial charge is 0.133 e. The number of carbonyl (C=O) groups is 1. The van der Waals surface area contributed by atoms with Crippen LogP contribution in [0.1, 0.15) is 52.4 Å². The van der Waals surface area contributed by atoms with Gasteiger partial charge >= 0.3 is 0 Å². The van der Waals surface area contributed by atoms with E-state index in [-0.39, 0.29) is 0 Å². The van der Waals surface area contributed by atoms with Crippen molar-refractivity contribution < 1.29 is 4.79 Å². The van der Waals surface area contributed by atoms with Gasteiger partial charge in [0.25, 0.3) is 0 Å². The molecule has 70 valence electrons. The molecule has 0 aromatic carbocycles. The van der Waals surface area contributed by atoms with Crippen molar-refractivity contribution in [3.63, 3.8) is 0 Å². The SMILES string of the molecule is CCCCCC1CC(=O)CC1C. The zero-order valence-corrected chi connectivity index (χ0v) is 8.31. The molecule has 1 aliphatic rings. The number of hydrogen-bond acceptors (Lipinski definition) is 1. The molecule has 2 atom stereocenters. The van der Waals surface area contributed by atoms with Gasteiger partial charge in [-0.3, -0.25) is 4.79 Å². The van der Waals surface area contributed by atoms with Crippen LogP contribution < -0.4 is 0 Å². The molecule has 1 rings (SSSR count). The molecule has 0 heterocycles. The largest absolute Gasteiger partial charge is 0.300 e. The fourth-order valence-electron chi connectivity index (χ4n) is 2.15. The maximum Gasteiger partial charge on any atom is 0.133 e. The Labute approximate surface area is 75.5 Å². The van der Waals surface area contributed by atoms with Crippen molar-refractivity contribution in [3.8, 4) is 0 Å². The predicted octanol–water partition coefficient (Wildman–Crippen LogP) is 3.18. The maximum atomic E-state index is 11.1. The fourth-order valence-corrected chi connectivity index (χ4v) is 2.15. The van der Waals surface area contributed by atoms with Crippen LogP contribution in [0, 0.1) is 11.8 Å². The lowest BCUT2D eigenvalue weighted by atomic mass is 9.92. The van der Waals surface area contributed by atoms with Crippen LogP contribution in [-0.2, 0) is 4.79 Å². The minimum atomic E-state index is 0.490. The number of unbranched alkanes of at least 4 members (excludes halogenated alkanes) is 2. The summed E-state index contributed by atoms with van der Waals surface area (Å²) in [6.07, 6.45) is 6.92. The molecule has 0 bridgehead atoms. The van der Waals surface area contributed by atoms with Crippen LogP contribution in [0.4, 0.5) is 0 Å². The molecular weight excluding hydrogens is 148 g/mol. The summed E-state index contributed by atoms with van der Waals surface area (Å²) in [4.78, 5) is 11.1. The maximum absolute atomic E-state index is 11.1. The second kappa shape index (κ2) is 4.64. The van der Waals surface area contributed by atoms with E-state index in [2.05, 4.69) is 13.8 Å². The van der Waals surface area contributed by atoms with Crippen LogP contribution in [0.2, 0.25) is 0 Å². The van der Waals surface area contributed by atoms with E-state index in [1.165, 1.54) is 25.7 Å². The van der Waals surface area contributed by atoms with E-state index in [0.717, 1.165) is 12.8 Å². The van der Waals surface area contributed by atoms with E-state index in [0.29, 0.717) is 17.6 Å². The topological polar surface area (TPSA) is 17.1 Å². The van der Waals surface area contributed by atoms with Gasteiger partial charge in [0, 0.05) is 12.8 Å². The van der Waals surface area contributed by atoms with E-state index in [4.69, 9.17) is 0 Å². The molecule has 12 heavy (non-hydrogen) atoms. The first-order chi connectivity index (χ1) is 5.74. The van der Waals surface area contributed by atoms with Crippen molar-refractivity contribution in [1.29, 1.82) is 0 Å². The summed E-state index contributed by atoms with van der Waals surface area (Å²) < 4.78 is 0. The van der Waals surface area contributed by atoms with Crippen molar-refractivity contribution in [2.75, 3.05) is 0 Å². The number of hydrogen-bond donors (Lipinski definition) is 0. The van der Waals surface area contributed by atoms with Gasteiger partial charge in [-0.1, -0.05) is 33.1 Å². The lowest BCUT2D eigenvalue weighted by Crippen LogP contribution is -2.03. The summed E-state index contributed by atoms with van der Waals surface area (Å²) in [6, 6.07) is 0. The van der Waals surface area contributed by atoms with Gasteiger partial charge in [-0.15, -0.1) is 0 Å². The van der Waals surface area contributed by atoms with Crippen LogP contribution in [0.15, 0.2) is 0 Å². The summed E-state index contributed by atoms with van der Waals surface area (Å²) in [5.41, 5.74) is 0. The Morgan fingerprint density at radius 1 is 1.33 bits per heavy atom. The highest BCUT2D eigenvalue weighted by molar-refractivity contribution is 5.81. The molecule has 1 heteroatoms.